The van der Waals surface area contributed by atoms with Crippen molar-refractivity contribution in [2.75, 3.05) is 0 Å². The fraction of sp³-hybridized carbons (Fsp3) is 0.250. The van der Waals surface area contributed by atoms with Gasteiger partial charge >= 0.3 is 0 Å². The van der Waals surface area contributed by atoms with E-state index in [0.717, 1.165) is 29.5 Å². The maximum atomic E-state index is 13.4. The van der Waals surface area contributed by atoms with E-state index in [9.17, 15) is 8.78 Å². The van der Waals surface area contributed by atoms with Crippen molar-refractivity contribution in [1.82, 2.24) is 0 Å². The van der Waals surface area contributed by atoms with Gasteiger partial charge in [0.1, 0.15) is 11.6 Å². The van der Waals surface area contributed by atoms with E-state index in [1.165, 1.54) is 12.1 Å². The Bertz CT molecular complexity index is 651. The van der Waals surface area contributed by atoms with Crippen molar-refractivity contribution in [3.05, 3.63) is 70.3 Å². The van der Waals surface area contributed by atoms with Crippen molar-refractivity contribution >= 4 is 0 Å². The molecule has 0 fully saturated rings. The number of nitrogens with two attached hydrogens (primary N) is 1. The topological polar surface area (TPSA) is 26.0 Å². The van der Waals surface area contributed by atoms with Crippen LogP contribution in [0.15, 0.2) is 36.4 Å². The maximum Gasteiger partial charge on any atom is 0.126 e. The Morgan fingerprint density at radius 3 is 2.63 bits per heavy atom. The Labute approximate surface area is 111 Å². The summed E-state index contributed by atoms with van der Waals surface area (Å²) in [4.78, 5) is 0. The molecular formula is C16H15F2N. The van der Waals surface area contributed by atoms with Crippen molar-refractivity contribution in [3.8, 4) is 0 Å². The van der Waals surface area contributed by atoms with E-state index in [1.807, 2.05) is 0 Å². The molecule has 0 saturated heterocycles. The number of hydrogen-bond donors (Lipinski definition) is 1. The Morgan fingerprint density at radius 1 is 1.11 bits per heavy atom. The molecule has 0 bridgehead atoms. The minimum Gasteiger partial charge on any atom is -0.318 e. The van der Waals surface area contributed by atoms with Gasteiger partial charge in [-0.25, -0.2) is 8.78 Å². The molecular weight excluding hydrogens is 244 g/mol. The smallest absolute Gasteiger partial charge is 0.126 e. The van der Waals surface area contributed by atoms with Gasteiger partial charge < -0.3 is 5.73 Å². The maximum absolute atomic E-state index is 13.4. The monoisotopic (exact) mass is 259 g/mol. The summed E-state index contributed by atoms with van der Waals surface area (Å²) in [5.41, 5.74) is 9.24. The molecule has 3 heteroatoms. The first kappa shape index (κ1) is 12.3. The number of benzene rings is 2. The Morgan fingerprint density at radius 2 is 1.89 bits per heavy atom. The predicted molar refractivity (Wildman–Crippen MR) is 70.8 cm³/mol. The van der Waals surface area contributed by atoms with Gasteiger partial charge in [-0.3, -0.25) is 0 Å². The lowest BCUT2D eigenvalue weighted by Crippen LogP contribution is -2.35. The first-order valence-electron chi connectivity index (χ1n) is 6.35. The van der Waals surface area contributed by atoms with E-state index >= 15 is 0 Å². The van der Waals surface area contributed by atoms with E-state index in [-0.39, 0.29) is 11.6 Å². The lowest BCUT2D eigenvalue weighted by Gasteiger charge is -2.26. The molecule has 19 heavy (non-hydrogen) atoms. The molecule has 1 atom stereocenters. The Kier molecular flexibility index (Phi) is 2.68. The molecule has 1 aliphatic rings. The second kappa shape index (κ2) is 4.14. The van der Waals surface area contributed by atoms with Gasteiger partial charge in [-0.05, 0) is 60.2 Å². The standard InChI is InChI=1S/C16H15F2N/c1-10-8-12(2-5-15(10)18)16(19)7-6-11-9-13(17)3-4-14(11)16/h2-5,8-9H,6-7,19H2,1H3. The first-order valence-corrected chi connectivity index (χ1v) is 6.35. The van der Waals surface area contributed by atoms with Crippen LogP contribution in [0.5, 0.6) is 0 Å². The zero-order valence-electron chi connectivity index (χ0n) is 10.7. The van der Waals surface area contributed by atoms with Gasteiger partial charge in [0.2, 0.25) is 0 Å². The van der Waals surface area contributed by atoms with Crippen LogP contribution in [-0.2, 0) is 12.0 Å². The molecule has 0 saturated carbocycles. The molecule has 0 spiro atoms. The van der Waals surface area contributed by atoms with Crippen LogP contribution in [0, 0.1) is 18.6 Å². The second-order valence-corrected chi connectivity index (χ2v) is 5.24. The van der Waals surface area contributed by atoms with Crippen LogP contribution < -0.4 is 5.73 Å². The largest absolute Gasteiger partial charge is 0.318 e. The molecule has 98 valence electrons. The summed E-state index contributed by atoms with van der Waals surface area (Å²) in [7, 11) is 0. The number of fused-ring (bicyclic) bond motifs is 1. The van der Waals surface area contributed by atoms with E-state index in [0.29, 0.717) is 5.56 Å². The molecule has 0 amide bonds. The van der Waals surface area contributed by atoms with E-state index in [1.54, 1.807) is 31.2 Å². The Hall–Kier alpha value is -1.74. The molecule has 0 aromatic heterocycles. The number of rotatable bonds is 1. The lowest BCUT2D eigenvalue weighted by atomic mass is 9.84. The lowest BCUT2D eigenvalue weighted by molar-refractivity contribution is 0.531. The minimum atomic E-state index is -0.637. The van der Waals surface area contributed by atoms with Crippen LogP contribution in [0.25, 0.3) is 0 Å². The van der Waals surface area contributed by atoms with Crippen molar-refractivity contribution in [2.24, 2.45) is 5.73 Å². The Balaban J connectivity index is 2.13. The zero-order valence-corrected chi connectivity index (χ0v) is 10.7. The molecule has 1 unspecified atom stereocenters. The van der Waals surface area contributed by atoms with E-state index in [4.69, 9.17) is 5.73 Å². The van der Waals surface area contributed by atoms with E-state index < -0.39 is 5.54 Å². The second-order valence-electron chi connectivity index (χ2n) is 5.24. The van der Waals surface area contributed by atoms with Crippen LogP contribution in [0.2, 0.25) is 0 Å². The highest BCUT2D eigenvalue weighted by Gasteiger charge is 2.36. The fourth-order valence-electron chi connectivity index (χ4n) is 2.89. The quantitative estimate of drug-likeness (QED) is 0.834. The fourth-order valence-corrected chi connectivity index (χ4v) is 2.89. The average molecular weight is 259 g/mol. The zero-order chi connectivity index (χ0) is 13.6. The summed E-state index contributed by atoms with van der Waals surface area (Å²) in [5, 5.41) is 0. The highest BCUT2D eigenvalue weighted by atomic mass is 19.1. The van der Waals surface area contributed by atoms with Gasteiger partial charge in [-0.1, -0.05) is 18.2 Å². The van der Waals surface area contributed by atoms with Gasteiger partial charge in [-0.15, -0.1) is 0 Å². The van der Waals surface area contributed by atoms with Crippen molar-refractivity contribution in [3.63, 3.8) is 0 Å². The van der Waals surface area contributed by atoms with Crippen LogP contribution in [0.4, 0.5) is 8.78 Å². The van der Waals surface area contributed by atoms with Crippen molar-refractivity contribution in [2.45, 2.75) is 25.3 Å². The summed E-state index contributed by atoms with van der Waals surface area (Å²) >= 11 is 0. The molecule has 0 aliphatic heterocycles. The van der Waals surface area contributed by atoms with E-state index in [2.05, 4.69) is 0 Å². The van der Waals surface area contributed by atoms with Crippen LogP contribution in [0.3, 0.4) is 0 Å². The van der Waals surface area contributed by atoms with Gasteiger partial charge in [-0.2, -0.15) is 0 Å². The van der Waals surface area contributed by atoms with Gasteiger partial charge in [0.25, 0.3) is 0 Å². The highest BCUT2D eigenvalue weighted by Crippen LogP contribution is 2.40. The van der Waals surface area contributed by atoms with Crippen LogP contribution >= 0.6 is 0 Å². The average Bonchev–Trinajstić information content (AvgIpc) is 2.71. The normalized spacial score (nSPS) is 21.5. The van der Waals surface area contributed by atoms with Gasteiger partial charge in [0, 0.05) is 0 Å². The molecule has 0 radical (unpaired) electrons. The molecule has 1 nitrogen and oxygen atoms in total. The predicted octanol–water partition coefficient (Wildman–Crippen LogP) is 3.42. The van der Waals surface area contributed by atoms with Crippen LogP contribution in [0.1, 0.15) is 28.7 Å². The molecule has 1 aliphatic carbocycles. The number of halogens is 2. The SMILES string of the molecule is Cc1cc(C2(N)CCc3cc(F)ccc32)ccc1F. The summed E-state index contributed by atoms with van der Waals surface area (Å²) in [5.74, 6) is -0.469. The molecule has 3 rings (SSSR count). The highest BCUT2D eigenvalue weighted by molar-refractivity contribution is 5.47. The van der Waals surface area contributed by atoms with Gasteiger partial charge in [0.15, 0.2) is 0 Å². The molecule has 2 aromatic carbocycles. The third kappa shape index (κ3) is 1.85. The number of aryl methyl sites for hydroxylation is 2. The van der Waals surface area contributed by atoms with Crippen molar-refractivity contribution < 1.29 is 8.78 Å². The third-order valence-electron chi connectivity index (χ3n) is 4.01. The van der Waals surface area contributed by atoms with Crippen LogP contribution in [-0.4, -0.2) is 0 Å². The molecule has 2 aromatic rings. The summed E-state index contributed by atoms with van der Waals surface area (Å²) in [6, 6.07) is 9.67. The minimum absolute atomic E-state index is 0.232. The first-order chi connectivity index (χ1) is 9.00. The third-order valence-corrected chi connectivity index (χ3v) is 4.01. The molecule has 2 N–H and O–H groups in total. The molecule has 0 heterocycles. The van der Waals surface area contributed by atoms with Crippen molar-refractivity contribution in [1.29, 1.82) is 0 Å². The summed E-state index contributed by atoms with van der Waals surface area (Å²) in [6.07, 6.45) is 1.47. The summed E-state index contributed by atoms with van der Waals surface area (Å²) in [6.45, 7) is 1.72. The summed E-state index contributed by atoms with van der Waals surface area (Å²) < 4.78 is 26.6. The number of hydrogen-bond acceptors (Lipinski definition) is 1. The van der Waals surface area contributed by atoms with Gasteiger partial charge in [0.05, 0.1) is 5.54 Å².